The summed E-state index contributed by atoms with van der Waals surface area (Å²) >= 11 is 0. The molecule has 3 aromatic rings. The van der Waals surface area contributed by atoms with E-state index in [0.717, 1.165) is 11.3 Å². The molecule has 0 aliphatic rings. The minimum Gasteiger partial charge on any atom is -0.395 e. The Morgan fingerprint density at radius 2 is 1.96 bits per heavy atom. The third-order valence-electron chi connectivity index (χ3n) is 4.47. The van der Waals surface area contributed by atoms with Crippen molar-refractivity contribution in [2.45, 2.75) is 19.5 Å². The van der Waals surface area contributed by atoms with Gasteiger partial charge < -0.3 is 15.3 Å². The molecule has 28 heavy (non-hydrogen) atoms. The van der Waals surface area contributed by atoms with Gasteiger partial charge in [0.2, 0.25) is 0 Å². The number of aliphatic hydroxyl groups is 1. The molecular weight excluding hydrogens is 354 g/mol. The number of nitrogens with zero attached hydrogens (tertiary/aromatic N) is 4. The summed E-state index contributed by atoms with van der Waals surface area (Å²) < 4.78 is 1.38. The minimum absolute atomic E-state index is 0.000728. The molecular formula is C21H25N5O2. The van der Waals surface area contributed by atoms with E-state index in [1.54, 1.807) is 30.6 Å². The molecule has 0 amide bonds. The second kappa shape index (κ2) is 8.77. The van der Waals surface area contributed by atoms with Crippen molar-refractivity contribution in [3.05, 3.63) is 70.8 Å². The van der Waals surface area contributed by atoms with Gasteiger partial charge in [0.1, 0.15) is 0 Å². The van der Waals surface area contributed by atoms with Gasteiger partial charge in [-0.15, -0.1) is 0 Å². The van der Waals surface area contributed by atoms with Crippen LogP contribution in [0.3, 0.4) is 0 Å². The van der Waals surface area contributed by atoms with Crippen LogP contribution in [0, 0.1) is 0 Å². The zero-order valence-electron chi connectivity index (χ0n) is 16.3. The number of benzene rings is 1. The fourth-order valence-corrected chi connectivity index (χ4v) is 2.75. The molecule has 0 aliphatic carbocycles. The van der Waals surface area contributed by atoms with Gasteiger partial charge in [-0.05, 0) is 37.3 Å². The Labute approximate surface area is 164 Å². The van der Waals surface area contributed by atoms with Gasteiger partial charge in [-0.1, -0.05) is 12.1 Å². The normalized spacial score (nSPS) is 12.0. The number of rotatable bonds is 7. The van der Waals surface area contributed by atoms with E-state index in [0.29, 0.717) is 23.5 Å². The van der Waals surface area contributed by atoms with Crippen molar-refractivity contribution in [2.24, 2.45) is 0 Å². The molecule has 0 unspecified atom stereocenters. The Bertz CT molecular complexity index is 968. The molecule has 0 spiro atoms. The van der Waals surface area contributed by atoms with Crippen LogP contribution < -0.4 is 15.8 Å². The summed E-state index contributed by atoms with van der Waals surface area (Å²) in [7, 11) is 3.98. The lowest BCUT2D eigenvalue weighted by Gasteiger charge is -2.15. The van der Waals surface area contributed by atoms with Crippen molar-refractivity contribution in [3.8, 4) is 16.9 Å². The number of hydrogen-bond donors (Lipinski definition) is 2. The molecule has 1 aromatic carbocycles. The van der Waals surface area contributed by atoms with Crippen molar-refractivity contribution in [2.75, 3.05) is 25.6 Å². The van der Waals surface area contributed by atoms with Gasteiger partial charge in [-0.25, -0.2) is 0 Å². The summed E-state index contributed by atoms with van der Waals surface area (Å²) in [5, 5.41) is 17.0. The van der Waals surface area contributed by atoms with E-state index >= 15 is 0 Å². The number of aromatic nitrogens is 3. The van der Waals surface area contributed by atoms with E-state index in [-0.39, 0.29) is 18.2 Å². The standard InChI is InChI=1S/C21H25N5O2/c1-15(14-27)23-12-17-11-20(16-6-8-18(9-7-16)25(2)3)24-26(21(17)28)19-5-4-10-22-13-19/h4-11,13,15,23,27H,12,14H2,1-3H3/t15-/m0/s1. The number of nitrogens with one attached hydrogen (secondary N) is 1. The Hall–Kier alpha value is -3.03. The molecule has 1 atom stereocenters. The highest BCUT2D eigenvalue weighted by Gasteiger charge is 2.13. The molecule has 146 valence electrons. The highest BCUT2D eigenvalue weighted by Crippen LogP contribution is 2.21. The summed E-state index contributed by atoms with van der Waals surface area (Å²) in [5.74, 6) is 0. The zero-order valence-corrected chi connectivity index (χ0v) is 16.3. The fraction of sp³-hybridized carbons (Fsp3) is 0.286. The maximum absolute atomic E-state index is 13.0. The number of pyridine rings is 1. The van der Waals surface area contributed by atoms with Gasteiger partial charge in [0.15, 0.2) is 0 Å². The topological polar surface area (TPSA) is 83.3 Å². The molecule has 2 aromatic heterocycles. The molecule has 7 heteroatoms. The second-order valence-corrected chi connectivity index (χ2v) is 6.89. The summed E-state index contributed by atoms with van der Waals surface area (Å²) in [4.78, 5) is 19.1. The van der Waals surface area contributed by atoms with Gasteiger partial charge in [0.25, 0.3) is 5.56 Å². The van der Waals surface area contributed by atoms with Crippen LogP contribution in [0.15, 0.2) is 59.7 Å². The quantitative estimate of drug-likeness (QED) is 0.652. The molecule has 2 N–H and O–H groups in total. The van der Waals surface area contributed by atoms with Crippen LogP contribution in [-0.2, 0) is 6.54 Å². The summed E-state index contributed by atoms with van der Waals surface area (Å²) in [6.07, 6.45) is 3.27. The first-order valence-corrected chi connectivity index (χ1v) is 9.15. The lowest BCUT2D eigenvalue weighted by molar-refractivity contribution is 0.251. The van der Waals surface area contributed by atoms with Crippen LogP contribution in [0.1, 0.15) is 12.5 Å². The van der Waals surface area contributed by atoms with E-state index in [4.69, 9.17) is 0 Å². The number of anilines is 1. The van der Waals surface area contributed by atoms with Crippen LogP contribution in [0.4, 0.5) is 5.69 Å². The Balaban J connectivity index is 2.07. The van der Waals surface area contributed by atoms with Gasteiger partial charge in [0, 0.05) is 49.7 Å². The summed E-state index contributed by atoms with van der Waals surface area (Å²) in [6.45, 7) is 2.20. The van der Waals surface area contributed by atoms with Gasteiger partial charge in [0.05, 0.1) is 24.2 Å². The molecule has 0 saturated heterocycles. The van der Waals surface area contributed by atoms with Crippen LogP contribution in [-0.4, -0.2) is 46.6 Å². The SMILES string of the molecule is C[C@@H](CO)NCc1cc(-c2ccc(N(C)C)cc2)nn(-c2cccnc2)c1=O. The lowest BCUT2D eigenvalue weighted by atomic mass is 10.1. The highest BCUT2D eigenvalue weighted by molar-refractivity contribution is 5.63. The monoisotopic (exact) mass is 379 g/mol. The summed E-state index contributed by atoms with van der Waals surface area (Å²) in [5.41, 5.74) is 3.67. The molecule has 0 fully saturated rings. The van der Waals surface area contributed by atoms with Crippen molar-refractivity contribution in [3.63, 3.8) is 0 Å². The first kappa shape index (κ1) is 19.7. The van der Waals surface area contributed by atoms with Gasteiger partial charge in [-0.3, -0.25) is 9.78 Å². The van der Waals surface area contributed by atoms with Crippen LogP contribution in [0.25, 0.3) is 16.9 Å². The van der Waals surface area contributed by atoms with E-state index in [2.05, 4.69) is 15.4 Å². The van der Waals surface area contributed by atoms with E-state index < -0.39 is 0 Å². The average Bonchev–Trinajstić information content (AvgIpc) is 2.73. The largest absolute Gasteiger partial charge is 0.395 e. The van der Waals surface area contributed by atoms with Gasteiger partial charge >= 0.3 is 0 Å². The van der Waals surface area contributed by atoms with Crippen LogP contribution in [0.5, 0.6) is 0 Å². The van der Waals surface area contributed by atoms with Crippen LogP contribution >= 0.6 is 0 Å². The molecule has 3 rings (SSSR count). The van der Waals surface area contributed by atoms with Crippen molar-refractivity contribution >= 4 is 5.69 Å². The van der Waals surface area contributed by atoms with E-state index in [1.165, 1.54) is 4.68 Å². The molecule has 0 aliphatic heterocycles. The van der Waals surface area contributed by atoms with Crippen LogP contribution in [0.2, 0.25) is 0 Å². The first-order chi connectivity index (χ1) is 13.5. The van der Waals surface area contributed by atoms with Crippen molar-refractivity contribution in [1.29, 1.82) is 0 Å². The third-order valence-corrected chi connectivity index (χ3v) is 4.47. The molecule has 0 saturated carbocycles. The lowest BCUT2D eigenvalue weighted by Crippen LogP contribution is -2.33. The van der Waals surface area contributed by atoms with Crippen molar-refractivity contribution in [1.82, 2.24) is 20.1 Å². The number of hydrogen-bond acceptors (Lipinski definition) is 6. The smallest absolute Gasteiger partial charge is 0.276 e. The zero-order chi connectivity index (χ0) is 20.1. The second-order valence-electron chi connectivity index (χ2n) is 6.89. The van der Waals surface area contributed by atoms with Crippen molar-refractivity contribution < 1.29 is 5.11 Å². The third kappa shape index (κ3) is 4.44. The van der Waals surface area contributed by atoms with E-state index in [1.807, 2.05) is 50.2 Å². The number of aliphatic hydroxyl groups excluding tert-OH is 1. The molecule has 0 bridgehead atoms. The molecule has 7 nitrogen and oxygen atoms in total. The summed E-state index contributed by atoms with van der Waals surface area (Å²) in [6, 6.07) is 13.3. The molecule has 0 radical (unpaired) electrons. The predicted octanol–water partition coefficient (Wildman–Crippen LogP) is 1.83. The highest BCUT2D eigenvalue weighted by atomic mass is 16.3. The van der Waals surface area contributed by atoms with E-state index in [9.17, 15) is 9.90 Å². The Morgan fingerprint density at radius 3 is 2.57 bits per heavy atom. The maximum Gasteiger partial charge on any atom is 0.276 e. The molecule has 2 heterocycles. The fourth-order valence-electron chi connectivity index (χ4n) is 2.75. The Morgan fingerprint density at radius 1 is 1.21 bits per heavy atom. The predicted molar refractivity (Wildman–Crippen MR) is 111 cm³/mol. The minimum atomic E-state index is -0.209. The maximum atomic E-state index is 13.0. The first-order valence-electron chi connectivity index (χ1n) is 9.15. The Kier molecular flexibility index (Phi) is 6.18. The van der Waals surface area contributed by atoms with Gasteiger partial charge in [-0.2, -0.15) is 9.78 Å². The average molecular weight is 379 g/mol.